The van der Waals surface area contributed by atoms with Gasteiger partial charge in [0, 0.05) is 28.6 Å². The smallest absolute Gasteiger partial charge is 0.269 e. The third-order valence-corrected chi connectivity index (χ3v) is 14.6. The van der Waals surface area contributed by atoms with Crippen molar-refractivity contribution in [1.82, 2.24) is 14.1 Å². The topological polar surface area (TPSA) is 35.9 Å². The number of imidazole rings is 1. The van der Waals surface area contributed by atoms with Gasteiger partial charge in [0.25, 0.3) is 6.33 Å². The van der Waals surface area contributed by atoms with E-state index in [9.17, 15) is 0 Å². The second kappa shape index (κ2) is 17.4. The molecule has 1 aliphatic rings. The Hall–Kier alpha value is -8.02. The molecule has 0 unspecified atom stereocenters. The fourth-order valence-electron chi connectivity index (χ4n) is 11.0. The Morgan fingerprint density at radius 3 is 2.00 bits per heavy atom. The summed E-state index contributed by atoms with van der Waals surface area (Å²) in [5.74, 6) is 1.95. The van der Waals surface area contributed by atoms with Crippen LogP contribution >= 0.6 is 0 Å². The Morgan fingerprint density at radius 1 is 0.611 bits per heavy atom. The Labute approximate surface area is 437 Å². The first-order valence-corrected chi connectivity index (χ1v) is 24.7. The highest BCUT2D eigenvalue weighted by Gasteiger charge is 2.37. The number of benzene rings is 8. The van der Waals surface area contributed by atoms with E-state index in [4.69, 9.17) is 23.4 Å². The average Bonchev–Trinajstić information content (AvgIpc) is 4.05. The van der Waals surface area contributed by atoms with Crippen LogP contribution in [0.5, 0.6) is 11.5 Å². The third kappa shape index (κ3) is 7.79. The average molecular weight is 947 g/mol. The first kappa shape index (κ1) is 35.1. The van der Waals surface area contributed by atoms with Crippen LogP contribution in [-0.4, -0.2) is 14.1 Å². The second-order valence-electron chi connectivity index (χ2n) is 21.3. The molecule has 354 valence electrons. The van der Waals surface area contributed by atoms with Crippen LogP contribution in [0.1, 0.15) is 98.1 Å². The number of rotatable bonds is 8. The molecule has 11 aromatic rings. The van der Waals surface area contributed by atoms with Crippen molar-refractivity contribution in [2.45, 2.75) is 84.0 Å². The minimum Gasteiger partial charge on any atom is -0.457 e. The molecule has 1 aliphatic carbocycles. The van der Waals surface area contributed by atoms with Gasteiger partial charge in [-0.15, -0.1) is 0 Å². The molecule has 3 heterocycles. The lowest BCUT2D eigenvalue weighted by molar-refractivity contribution is -0.571. The zero-order valence-corrected chi connectivity index (χ0v) is 41.6. The van der Waals surface area contributed by atoms with E-state index in [0.29, 0.717) is 28.2 Å². The Morgan fingerprint density at radius 2 is 1.26 bits per heavy atom. The SMILES string of the molecule is [2H]c1c([2H])c([2H])c(-c2cccc(-c3c([2H])c([2H])c([2H])c([2H])c3[2H])c2-[n+]2[c-]n(-c3cccc(Oc4cc5c(cc4-c4cccc6c4C(C)(C)CCCC6(C)C)c4ccccc4n5-c4cc(C(C)(C)C)ccn4)c3)c3ccccc32)c([2H])c1[2H]. The van der Waals surface area contributed by atoms with Crippen molar-refractivity contribution >= 4 is 32.8 Å². The summed E-state index contributed by atoms with van der Waals surface area (Å²) in [4.78, 5) is 5.00. The van der Waals surface area contributed by atoms with E-state index < -0.39 is 60.4 Å². The van der Waals surface area contributed by atoms with Gasteiger partial charge in [-0.1, -0.05) is 200 Å². The van der Waals surface area contributed by atoms with Crippen LogP contribution in [-0.2, 0) is 16.2 Å². The normalized spacial score (nSPS) is 16.3. The van der Waals surface area contributed by atoms with Gasteiger partial charge in [0.05, 0.1) is 47.1 Å². The predicted octanol–water partition coefficient (Wildman–Crippen LogP) is 17.0. The number of fused-ring (bicyclic) bond motifs is 5. The van der Waals surface area contributed by atoms with Crippen LogP contribution in [0.15, 0.2) is 200 Å². The highest BCUT2D eigenvalue weighted by atomic mass is 16.5. The summed E-state index contributed by atoms with van der Waals surface area (Å²) in [6.07, 6.45) is 8.59. The molecule has 0 radical (unpaired) electrons. The zero-order chi connectivity index (χ0) is 58.1. The quantitative estimate of drug-likeness (QED) is 0.0864. The molecule has 0 saturated carbocycles. The van der Waals surface area contributed by atoms with E-state index >= 15 is 0 Å². The second-order valence-corrected chi connectivity index (χ2v) is 21.3. The Balaban J connectivity index is 1.10. The molecule has 5 nitrogen and oxygen atoms in total. The van der Waals surface area contributed by atoms with Crippen LogP contribution in [0.4, 0.5) is 0 Å². The van der Waals surface area contributed by atoms with Crippen LogP contribution in [0, 0.1) is 6.33 Å². The molecule has 8 aromatic carbocycles. The predicted molar refractivity (Wildman–Crippen MR) is 297 cm³/mol. The molecule has 0 saturated heterocycles. The number of aromatic nitrogens is 4. The zero-order valence-electron chi connectivity index (χ0n) is 51.6. The fourth-order valence-corrected chi connectivity index (χ4v) is 11.0. The summed E-state index contributed by atoms with van der Waals surface area (Å²) in [5.41, 5.74) is 9.51. The van der Waals surface area contributed by atoms with Crippen molar-refractivity contribution in [3.63, 3.8) is 0 Å². The summed E-state index contributed by atoms with van der Waals surface area (Å²) in [5, 5.41) is 2.14. The van der Waals surface area contributed by atoms with Crippen LogP contribution in [0.25, 0.3) is 83.4 Å². The van der Waals surface area contributed by atoms with Crippen molar-refractivity contribution in [2.24, 2.45) is 0 Å². The summed E-state index contributed by atoms with van der Waals surface area (Å²) in [6, 6.07) is 38.7. The van der Waals surface area contributed by atoms with E-state index in [1.807, 2.05) is 59.3 Å². The highest BCUT2D eigenvalue weighted by molar-refractivity contribution is 6.11. The van der Waals surface area contributed by atoms with E-state index in [0.717, 1.165) is 63.6 Å². The van der Waals surface area contributed by atoms with Crippen molar-refractivity contribution in [1.29, 1.82) is 0 Å². The van der Waals surface area contributed by atoms with Gasteiger partial charge in [-0.25, -0.2) is 4.98 Å². The van der Waals surface area contributed by atoms with Crippen molar-refractivity contribution in [2.75, 3.05) is 0 Å². The van der Waals surface area contributed by atoms with Gasteiger partial charge < -0.3 is 4.74 Å². The van der Waals surface area contributed by atoms with E-state index in [1.165, 1.54) is 11.1 Å². The van der Waals surface area contributed by atoms with Gasteiger partial charge in [-0.2, -0.15) is 0 Å². The minimum absolute atomic E-state index is 0.0735. The van der Waals surface area contributed by atoms with E-state index in [-0.39, 0.29) is 44.2 Å². The fraction of sp³-hybridized carbons (Fsp3) is 0.194. The molecule has 0 amide bonds. The molecule has 0 fully saturated rings. The molecule has 0 spiro atoms. The Bertz CT molecular complexity index is 4330. The lowest BCUT2D eigenvalue weighted by Gasteiger charge is -2.32. The van der Waals surface area contributed by atoms with E-state index in [2.05, 4.69) is 126 Å². The first-order valence-electron chi connectivity index (χ1n) is 29.7. The number of hydrogen-bond donors (Lipinski definition) is 0. The lowest BCUT2D eigenvalue weighted by atomic mass is 9.72. The van der Waals surface area contributed by atoms with Gasteiger partial charge in [0.15, 0.2) is 0 Å². The summed E-state index contributed by atoms with van der Waals surface area (Å²) < 4.78 is 101. The molecule has 0 atom stereocenters. The maximum atomic E-state index is 9.15. The number of ether oxygens (including phenoxy) is 1. The molecule has 0 bridgehead atoms. The third-order valence-electron chi connectivity index (χ3n) is 14.6. The van der Waals surface area contributed by atoms with Gasteiger partial charge in [-0.3, -0.25) is 13.7 Å². The molecule has 72 heavy (non-hydrogen) atoms. The van der Waals surface area contributed by atoms with Gasteiger partial charge in [-0.05, 0) is 116 Å². The molecule has 3 aromatic heterocycles. The largest absolute Gasteiger partial charge is 0.457 e. The van der Waals surface area contributed by atoms with Crippen molar-refractivity contribution in [3.8, 4) is 62.1 Å². The molecule has 5 heteroatoms. The highest BCUT2D eigenvalue weighted by Crippen LogP contribution is 2.51. The summed E-state index contributed by atoms with van der Waals surface area (Å²) in [6.45, 7) is 16.0. The van der Waals surface area contributed by atoms with Crippen LogP contribution in [0.3, 0.4) is 0 Å². The first-order chi connectivity index (χ1) is 39.0. The molecule has 0 aliphatic heterocycles. The minimum atomic E-state index is -0.566. The standard InChI is InChI=1S/C67H60N4O/c1-65(2,3)47-36-39-68-62(40-47)71-57-33-15-14-28-52(57)54-42-55(53-31-20-32-56-63(53)67(6,7)38-21-37-66(56,4)5)61(43-60(54)71)72-49-27-18-26-48(41-49)69-44-70(59-35-17-16-34-58(59)69)64-50(45-22-10-8-11-23-45)29-19-30-51(64)46-24-12-9-13-25-46/h8-20,22-36,39-43H,21,37-38H2,1-7H3/i8D,9D,10D,11D,12D,13D,22D,23D,24D,25D. The molecule has 12 rings (SSSR count). The van der Waals surface area contributed by atoms with Gasteiger partial charge >= 0.3 is 0 Å². The van der Waals surface area contributed by atoms with Crippen molar-refractivity contribution < 1.29 is 23.0 Å². The summed E-state index contributed by atoms with van der Waals surface area (Å²) in [7, 11) is 0. The van der Waals surface area contributed by atoms with E-state index in [1.54, 1.807) is 22.8 Å². The number of para-hydroxylation sites is 4. The number of hydrogen-bond acceptors (Lipinski definition) is 2. The maximum absolute atomic E-state index is 9.15. The monoisotopic (exact) mass is 947 g/mol. The number of pyridine rings is 1. The lowest BCUT2D eigenvalue weighted by Crippen LogP contribution is -2.31. The molecular weight excluding hydrogens is 877 g/mol. The van der Waals surface area contributed by atoms with Crippen LogP contribution in [0.2, 0.25) is 0 Å². The maximum Gasteiger partial charge on any atom is 0.269 e. The molecule has 0 N–H and O–H groups in total. The van der Waals surface area contributed by atoms with Gasteiger partial charge in [0.1, 0.15) is 17.3 Å². The summed E-state index contributed by atoms with van der Waals surface area (Å²) >= 11 is 0. The van der Waals surface area contributed by atoms with Crippen LogP contribution < -0.4 is 9.30 Å². The van der Waals surface area contributed by atoms with Crippen molar-refractivity contribution in [3.05, 3.63) is 223 Å². The number of nitrogens with zero attached hydrogens (tertiary/aromatic N) is 4. The van der Waals surface area contributed by atoms with Gasteiger partial charge in [0.2, 0.25) is 0 Å². The Kier molecular flexibility index (Phi) is 8.48. The molecular formula is C67H60N4O.